The molecule has 108 valence electrons. The number of para-hydroxylation sites is 1. The Balaban J connectivity index is 3.17. The van der Waals surface area contributed by atoms with Gasteiger partial charge in [0.25, 0.3) is 0 Å². The van der Waals surface area contributed by atoms with Crippen molar-refractivity contribution in [3.8, 4) is 0 Å². The third-order valence-electron chi connectivity index (χ3n) is 3.69. The summed E-state index contributed by atoms with van der Waals surface area (Å²) in [5.41, 5.74) is 0.653. The molecular formula is C15H25NO2S. The van der Waals surface area contributed by atoms with Crippen LogP contribution in [0.5, 0.6) is 0 Å². The minimum atomic E-state index is -3.19. The number of hydrogen-bond donors (Lipinski definition) is 1. The summed E-state index contributed by atoms with van der Waals surface area (Å²) in [5, 5.41) is 3.41. The first-order chi connectivity index (χ1) is 8.88. The molecule has 0 fully saturated rings. The first-order valence-corrected chi connectivity index (χ1v) is 8.63. The Morgan fingerprint density at radius 3 is 2.21 bits per heavy atom. The van der Waals surface area contributed by atoms with Crippen LogP contribution in [0.1, 0.15) is 47.0 Å². The number of sulfone groups is 1. The van der Waals surface area contributed by atoms with E-state index in [1.165, 1.54) is 0 Å². The molecule has 0 unspecified atom stereocenters. The van der Waals surface area contributed by atoms with Gasteiger partial charge in [-0.25, -0.2) is 8.42 Å². The molecule has 0 aliphatic heterocycles. The lowest BCUT2D eigenvalue weighted by Crippen LogP contribution is -2.33. The molecule has 0 heterocycles. The molecule has 0 saturated carbocycles. The van der Waals surface area contributed by atoms with E-state index in [1.54, 1.807) is 12.1 Å². The fourth-order valence-electron chi connectivity index (χ4n) is 1.97. The average molecular weight is 283 g/mol. The molecule has 1 N–H and O–H groups in total. The summed E-state index contributed by atoms with van der Waals surface area (Å²) in [6.07, 6.45) is 2.53. The summed E-state index contributed by atoms with van der Waals surface area (Å²) in [6.45, 7) is 8.23. The van der Waals surface area contributed by atoms with Gasteiger partial charge in [-0.3, -0.25) is 0 Å². The Bertz CT molecular complexity index is 505. The molecule has 1 aromatic carbocycles. The van der Waals surface area contributed by atoms with Crippen LogP contribution in [0.3, 0.4) is 0 Å². The number of nitrogens with one attached hydrogen (secondary N) is 1. The Labute approximate surface area is 117 Å². The Morgan fingerprint density at radius 1 is 1.11 bits per heavy atom. The van der Waals surface area contributed by atoms with Gasteiger partial charge in [0.05, 0.1) is 16.3 Å². The predicted molar refractivity (Wildman–Crippen MR) is 81.4 cm³/mol. The van der Waals surface area contributed by atoms with Gasteiger partial charge < -0.3 is 5.32 Å². The molecule has 0 amide bonds. The van der Waals surface area contributed by atoms with Gasteiger partial charge in [-0.15, -0.1) is 0 Å². The number of rotatable bonds is 7. The smallest absolute Gasteiger partial charge is 0.180 e. The number of benzene rings is 1. The fraction of sp³-hybridized carbons (Fsp3) is 0.600. The van der Waals surface area contributed by atoms with Crippen LogP contribution >= 0.6 is 0 Å². The molecule has 3 nitrogen and oxygen atoms in total. The summed E-state index contributed by atoms with van der Waals surface area (Å²) in [7, 11) is -3.19. The minimum Gasteiger partial charge on any atom is -0.379 e. The molecular weight excluding hydrogens is 258 g/mol. The van der Waals surface area contributed by atoms with Crippen LogP contribution in [0, 0.1) is 0 Å². The molecule has 19 heavy (non-hydrogen) atoms. The van der Waals surface area contributed by atoms with Gasteiger partial charge in [0, 0.05) is 5.54 Å². The highest BCUT2D eigenvalue weighted by Gasteiger charge is 2.23. The van der Waals surface area contributed by atoms with E-state index in [1.807, 2.05) is 19.1 Å². The van der Waals surface area contributed by atoms with E-state index in [4.69, 9.17) is 0 Å². The minimum absolute atomic E-state index is 0.0716. The van der Waals surface area contributed by atoms with E-state index in [0.29, 0.717) is 11.3 Å². The molecule has 0 bridgehead atoms. The Kier molecular flexibility index (Phi) is 5.41. The van der Waals surface area contributed by atoms with E-state index in [9.17, 15) is 8.42 Å². The van der Waals surface area contributed by atoms with Crippen molar-refractivity contribution in [3.63, 3.8) is 0 Å². The van der Waals surface area contributed by atoms with E-state index >= 15 is 0 Å². The lowest BCUT2D eigenvalue weighted by molar-refractivity contribution is 0.477. The van der Waals surface area contributed by atoms with E-state index < -0.39 is 9.84 Å². The molecule has 4 heteroatoms. The van der Waals surface area contributed by atoms with Crippen LogP contribution in [0.15, 0.2) is 29.2 Å². The molecule has 0 aliphatic carbocycles. The summed E-state index contributed by atoms with van der Waals surface area (Å²) < 4.78 is 24.6. The van der Waals surface area contributed by atoms with Gasteiger partial charge in [0.2, 0.25) is 0 Å². The largest absolute Gasteiger partial charge is 0.379 e. The van der Waals surface area contributed by atoms with Gasteiger partial charge in [-0.2, -0.15) is 0 Å². The zero-order valence-corrected chi connectivity index (χ0v) is 13.2. The second-order valence-electron chi connectivity index (χ2n) is 5.21. The van der Waals surface area contributed by atoms with Crippen molar-refractivity contribution < 1.29 is 8.42 Å². The van der Waals surface area contributed by atoms with Crippen molar-refractivity contribution in [3.05, 3.63) is 24.3 Å². The number of anilines is 1. The van der Waals surface area contributed by atoms with Crippen molar-refractivity contribution in [2.45, 2.75) is 57.4 Å². The lowest BCUT2D eigenvalue weighted by Gasteiger charge is -2.30. The van der Waals surface area contributed by atoms with Crippen molar-refractivity contribution in [1.29, 1.82) is 0 Å². The molecule has 1 aromatic rings. The second-order valence-corrected chi connectivity index (χ2v) is 7.29. The molecule has 0 saturated heterocycles. The van der Waals surface area contributed by atoms with Crippen molar-refractivity contribution in [2.75, 3.05) is 11.1 Å². The maximum absolute atomic E-state index is 12.3. The molecule has 0 atom stereocenters. The highest BCUT2D eigenvalue weighted by molar-refractivity contribution is 7.91. The zero-order valence-electron chi connectivity index (χ0n) is 12.4. The standard InChI is InChI=1S/C15H25NO2S/c1-5-12-19(17,18)14-11-9-8-10-13(14)16-15(4,6-2)7-3/h8-11,16H,5-7,12H2,1-4H3. The zero-order chi connectivity index (χ0) is 14.5. The second kappa shape index (κ2) is 6.42. The quantitative estimate of drug-likeness (QED) is 0.826. The maximum Gasteiger partial charge on any atom is 0.180 e. The third-order valence-corrected chi connectivity index (χ3v) is 5.66. The van der Waals surface area contributed by atoms with Gasteiger partial charge in [0.1, 0.15) is 0 Å². The summed E-state index contributed by atoms with van der Waals surface area (Å²) in [4.78, 5) is 0.421. The van der Waals surface area contributed by atoms with Crippen LogP contribution in [0.4, 0.5) is 5.69 Å². The monoisotopic (exact) mass is 283 g/mol. The predicted octanol–water partition coefficient (Wildman–Crippen LogP) is 3.86. The molecule has 0 spiro atoms. The van der Waals surface area contributed by atoms with Crippen LogP contribution in [0.2, 0.25) is 0 Å². The van der Waals surface area contributed by atoms with Crippen molar-refractivity contribution >= 4 is 15.5 Å². The summed E-state index contributed by atoms with van der Waals surface area (Å²) >= 11 is 0. The van der Waals surface area contributed by atoms with E-state index in [0.717, 1.165) is 18.5 Å². The van der Waals surface area contributed by atoms with E-state index in [-0.39, 0.29) is 11.3 Å². The molecule has 0 aliphatic rings. The third kappa shape index (κ3) is 3.96. The van der Waals surface area contributed by atoms with Gasteiger partial charge in [0.15, 0.2) is 9.84 Å². The van der Waals surface area contributed by atoms with Gasteiger partial charge >= 0.3 is 0 Å². The highest BCUT2D eigenvalue weighted by atomic mass is 32.2. The summed E-state index contributed by atoms with van der Waals surface area (Å²) in [6, 6.07) is 7.20. The molecule has 0 aromatic heterocycles. The number of hydrogen-bond acceptors (Lipinski definition) is 3. The Hall–Kier alpha value is -1.03. The lowest BCUT2D eigenvalue weighted by atomic mass is 9.95. The van der Waals surface area contributed by atoms with Crippen LogP contribution < -0.4 is 5.32 Å². The van der Waals surface area contributed by atoms with Gasteiger partial charge in [-0.1, -0.05) is 32.9 Å². The maximum atomic E-state index is 12.3. The summed E-state index contributed by atoms with van der Waals surface area (Å²) in [5.74, 6) is 0.195. The van der Waals surface area contributed by atoms with Crippen LogP contribution in [0.25, 0.3) is 0 Å². The average Bonchev–Trinajstić information content (AvgIpc) is 2.39. The normalized spacial score (nSPS) is 12.4. The van der Waals surface area contributed by atoms with E-state index in [2.05, 4.69) is 26.1 Å². The highest BCUT2D eigenvalue weighted by Crippen LogP contribution is 2.28. The molecule has 1 rings (SSSR count). The fourth-order valence-corrected chi connectivity index (χ4v) is 3.47. The Morgan fingerprint density at radius 2 is 1.68 bits per heavy atom. The SMILES string of the molecule is CCCS(=O)(=O)c1ccccc1NC(C)(CC)CC. The van der Waals surface area contributed by atoms with Crippen molar-refractivity contribution in [2.24, 2.45) is 0 Å². The topological polar surface area (TPSA) is 46.2 Å². The first-order valence-electron chi connectivity index (χ1n) is 6.98. The van der Waals surface area contributed by atoms with Crippen LogP contribution in [-0.4, -0.2) is 19.7 Å². The van der Waals surface area contributed by atoms with Crippen molar-refractivity contribution in [1.82, 2.24) is 0 Å². The van der Waals surface area contributed by atoms with Crippen LogP contribution in [-0.2, 0) is 9.84 Å². The first kappa shape index (κ1) is 16.0. The molecule has 0 radical (unpaired) electrons. The van der Waals surface area contributed by atoms with Gasteiger partial charge in [-0.05, 0) is 38.3 Å².